The van der Waals surface area contributed by atoms with Gasteiger partial charge in [-0.3, -0.25) is 0 Å². The molecule has 2 N–H and O–H groups in total. The molecule has 2 heterocycles. The quantitative estimate of drug-likeness (QED) is 0.852. The Balaban J connectivity index is 1.83. The van der Waals surface area contributed by atoms with Gasteiger partial charge < -0.3 is 15.1 Å². The Morgan fingerprint density at radius 3 is 2.89 bits per heavy atom. The summed E-state index contributed by atoms with van der Waals surface area (Å²) in [7, 11) is 0. The predicted molar refractivity (Wildman–Crippen MR) is 75.6 cm³/mol. The van der Waals surface area contributed by atoms with Crippen LogP contribution in [0.15, 0.2) is 20.3 Å². The van der Waals surface area contributed by atoms with Gasteiger partial charge in [0.15, 0.2) is 0 Å². The third kappa shape index (κ3) is 4.08. The molecule has 0 saturated heterocycles. The minimum absolute atomic E-state index is 0.400. The van der Waals surface area contributed by atoms with Crippen LogP contribution in [0.1, 0.15) is 24.6 Å². The number of rotatable bonds is 6. The molecule has 2 rings (SSSR count). The van der Waals surface area contributed by atoms with Crippen LogP contribution in [0.2, 0.25) is 0 Å². The van der Waals surface area contributed by atoms with E-state index in [-0.39, 0.29) is 0 Å². The summed E-state index contributed by atoms with van der Waals surface area (Å²) in [5.41, 5.74) is 0. The lowest BCUT2D eigenvalue weighted by molar-refractivity contribution is 0.458. The van der Waals surface area contributed by atoms with Crippen LogP contribution in [0.5, 0.6) is 0 Å². The molecular formula is C11H15BrN4OS. The summed E-state index contributed by atoms with van der Waals surface area (Å²) in [6, 6.07) is 2.92. The highest BCUT2D eigenvalue weighted by molar-refractivity contribution is 9.10. The average molecular weight is 331 g/mol. The zero-order valence-corrected chi connectivity index (χ0v) is 12.6. The number of nitrogens with zero attached hydrogens (tertiary/aromatic N) is 2. The number of halogens is 1. The Morgan fingerprint density at radius 1 is 1.39 bits per heavy atom. The van der Waals surface area contributed by atoms with Gasteiger partial charge in [0.2, 0.25) is 5.89 Å². The van der Waals surface area contributed by atoms with E-state index in [4.69, 9.17) is 4.42 Å². The molecule has 18 heavy (non-hydrogen) atoms. The van der Waals surface area contributed by atoms with E-state index in [0.29, 0.717) is 31.0 Å². The normalized spacial score (nSPS) is 11.1. The van der Waals surface area contributed by atoms with Crippen molar-refractivity contribution in [3.63, 3.8) is 0 Å². The molecular weight excluding hydrogens is 316 g/mol. The van der Waals surface area contributed by atoms with Crippen molar-refractivity contribution in [2.75, 3.05) is 5.32 Å². The second kappa shape index (κ2) is 6.31. The third-order valence-electron chi connectivity index (χ3n) is 2.16. The fourth-order valence-electron chi connectivity index (χ4n) is 1.30. The lowest BCUT2D eigenvalue weighted by Crippen LogP contribution is -2.21. The standard InChI is InChI=1S/C11H15BrN4OS/c1-7(2)13-5-10-15-16-11(17-10)14-4-9-3-8(12)6-18-9/h3,6-7,13H,4-5H2,1-2H3,(H,14,16). The van der Waals surface area contributed by atoms with Crippen molar-refractivity contribution in [1.29, 1.82) is 0 Å². The minimum Gasteiger partial charge on any atom is -0.407 e. The van der Waals surface area contributed by atoms with Crippen LogP contribution in [-0.2, 0) is 13.1 Å². The summed E-state index contributed by atoms with van der Waals surface area (Å²) in [5, 5.41) is 16.3. The summed E-state index contributed by atoms with van der Waals surface area (Å²) >= 11 is 5.10. The first-order chi connectivity index (χ1) is 8.63. The summed E-state index contributed by atoms with van der Waals surface area (Å²) in [6.45, 7) is 5.43. The Bertz CT molecular complexity index is 497. The van der Waals surface area contributed by atoms with Crippen molar-refractivity contribution in [2.24, 2.45) is 0 Å². The van der Waals surface area contributed by atoms with E-state index in [1.165, 1.54) is 4.88 Å². The molecule has 0 aliphatic heterocycles. The van der Waals surface area contributed by atoms with E-state index in [2.05, 4.69) is 56.7 Å². The van der Waals surface area contributed by atoms with E-state index in [0.717, 1.165) is 4.47 Å². The van der Waals surface area contributed by atoms with Crippen molar-refractivity contribution >= 4 is 33.3 Å². The first kappa shape index (κ1) is 13.5. The summed E-state index contributed by atoms with van der Waals surface area (Å²) in [4.78, 5) is 1.21. The monoisotopic (exact) mass is 330 g/mol. The zero-order valence-electron chi connectivity index (χ0n) is 10.2. The van der Waals surface area contributed by atoms with E-state index in [9.17, 15) is 0 Å². The smallest absolute Gasteiger partial charge is 0.315 e. The molecule has 0 amide bonds. The first-order valence-electron chi connectivity index (χ1n) is 5.66. The highest BCUT2D eigenvalue weighted by atomic mass is 79.9. The van der Waals surface area contributed by atoms with Crippen molar-refractivity contribution < 1.29 is 4.42 Å². The van der Waals surface area contributed by atoms with Gasteiger partial charge in [-0.05, 0) is 22.0 Å². The van der Waals surface area contributed by atoms with Crippen molar-refractivity contribution in [1.82, 2.24) is 15.5 Å². The molecule has 0 aliphatic carbocycles. The molecule has 0 aliphatic rings. The van der Waals surface area contributed by atoms with Crippen LogP contribution >= 0.6 is 27.3 Å². The molecule has 7 heteroatoms. The Labute approximate surface area is 118 Å². The van der Waals surface area contributed by atoms with Crippen molar-refractivity contribution in [3.8, 4) is 0 Å². The maximum absolute atomic E-state index is 5.46. The maximum Gasteiger partial charge on any atom is 0.315 e. The molecule has 0 saturated carbocycles. The molecule has 0 spiro atoms. The number of hydrogen-bond acceptors (Lipinski definition) is 6. The fraction of sp³-hybridized carbons (Fsp3) is 0.455. The van der Waals surface area contributed by atoms with Gasteiger partial charge in [0, 0.05) is 20.8 Å². The van der Waals surface area contributed by atoms with Crippen molar-refractivity contribution in [3.05, 3.63) is 26.7 Å². The first-order valence-corrected chi connectivity index (χ1v) is 7.33. The summed E-state index contributed by atoms with van der Waals surface area (Å²) in [6.07, 6.45) is 0. The molecule has 0 unspecified atom stereocenters. The molecule has 0 bridgehead atoms. The fourth-order valence-corrected chi connectivity index (χ4v) is 2.69. The molecule has 0 radical (unpaired) electrons. The predicted octanol–water partition coefficient (Wildman–Crippen LogP) is 3.00. The van der Waals surface area contributed by atoms with Gasteiger partial charge in [0.25, 0.3) is 0 Å². The highest BCUT2D eigenvalue weighted by Crippen LogP contribution is 2.20. The van der Waals surface area contributed by atoms with E-state index in [1.807, 2.05) is 5.38 Å². The zero-order chi connectivity index (χ0) is 13.0. The molecule has 5 nitrogen and oxygen atoms in total. The van der Waals surface area contributed by atoms with Gasteiger partial charge >= 0.3 is 6.01 Å². The van der Waals surface area contributed by atoms with Gasteiger partial charge in [0.1, 0.15) is 0 Å². The van der Waals surface area contributed by atoms with Crippen LogP contribution in [-0.4, -0.2) is 16.2 Å². The van der Waals surface area contributed by atoms with Crippen LogP contribution < -0.4 is 10.6 Å². The van der Waals surface area contributed by atoms with Crippen LogP contribution in [0.4, 0.5) is 6.01 Å². The van der Waals surface area contributed by atoms with E-state index < -0.39 is 0 Å². The van der Waals surface area contributed by atoms with Gasteiger partial charge in [-0.2, -0.15) is 0 Å². The van der Waals surface area contributed by atoms with Gasteiger partial charge in [-0.1, -0.05) is 18.9 Å². The largest absolute Gasteiger partial charge is 0.407 e. The topological polar surface area (TPSA) is 63.0 Å². The summed E-state index contributed by atoms with van der Waals surface area (Å²) in [5.74, 6) is 0.596. The Morgan fingerprint density at radius 2 is 2.22 bits per heavy atom. The molecule has 98 valence electrons. The molecule has 0 atom stereocenters. The van der Waals surface area contributed by atoms with Gasteiger partial charge in [0.05, 0.1) is 13.1 Å². The lowest BCUT2D eigenvalue weighted by Gasteiger charge is -2.03. The van der Waals surface area contributed by atoms with E-state index in [1.54, 1.807) is 11.3 Å². The number of aromatic nitrogens is 2. The lowest BCUT2D eigenvalue weighted by atomic mass is 10.4. The number of nitrogens with one attached hydrogen (secondary N) is 2. The SMILES string of the molecule is CC(C)NCc1nnc(NCc2cc(Br)cs2)o1. The number of anilines is 1. The number of hydrogen-bond donors (Lipinski definition) is 2. The van der Waals surface area contributed by atoms with Crippen LogP contribution in [0.3, 0.4) is 0 Å². The Kier molecular flexibility index (Phi) is 4.73. The van der Waals surface area contributed by atoms with Crippen molar-refractivity contribution in [2.45, 2.75) is 33.0 Å². The Hall–Kier alpha value is -0.920. The maximum atomic E-state index is 5.46. The van der Waals surface area contributed by atoms with E-state index >= 15 is 0 Å². The van der Waals surface area contributed by atoms with Crippen LogP contribution in [0.25, 0.3) is 0 Å². The molecule has 0 aromatic carbocycles. The second-order valence-corrected chi connectivity index (χ2v) is 6.03. The molecule has 2 aromatic rings. The highest BCUT2D eigenvalue weighted by Gasteiger charge is 2.06. The number of thiophene rings is 1. The molecule has 2 aromatic heterocycles. The summed E-state index contributed by atoms with van der Waals surface area (Å²) < 4.78 is 6.55. The van der Waals surface area contributed by atoms with Gasteiger partial charge in [-0.25, -0.2) is 0 Å². The van der Waals surface area contributed by atoms with Gasteiger partial charge in [-0.15, -0.1) is 16.4 Å². The van der Waals surface area contributed by atoms with Crippen LogP contribution in [0, 0.1) is 0 Å². The molecule has 0 fully saturated rings. The average Bonchev–Trinajstić information content (AvgIpc) is 2.93. The second-order valence-electron chi connectivity index (χ2n) is 4.12. The third-order valence-corrected chi connectivity index (χ3v) is 3.86. The minimum atomic E-state index is 0.400.